The second-order valence-corrected chi connectivity index (χ2v) is 19.6. The lowest BCUT2D eigenvalue weighted by Crippen LogP contribution is -2.30. The molecule has 1 atom stereocenters. The summed E-state index contributed by atoms with van der Waals surface area (Å²) in [5.74, 6) is -0.863. The first kappa shape index (κ1) is 62.9. The van der Waals surface area contributed by atoms with Crippen LogP contribution in [0.5, 0.6) is 0 Å². The number of rotatable bonds is 53. The van der Waals surface area contributed by atoms with Crippen LogP contribution < -0.4 is 0 Å². The minimum absolute atomic E-state index is 0.0673. The predicted molar refractivity (Wildman–Crippen MR) is 279 cm³/mol. The van der Waals surface area contributed by atoms with Crippen molar-refractivity contribution < 1.29 is 28.6 Å². The van der Waals surface area contributed by atoms with E-state index in [0.29, 0.717) is 19.3 Å². The highest BCUT2D eigenvalue weighted by Gasteiger charge is 2.19. The summed E-state index contributed by atoms with van der Waals surface area (Å²) in [5, 5.41) is 0. The number of hydrogen-bond acceptors (Lipinski definition) is 6. The van der Waals surface area contributed by atoms with Crippen LogP contribution >= 0.6 is 0 Å². The van der Waals surface area contributed by atoms with Gasteiger partial charge in [0.25, 0.3) is 0 Å². The summed E-state index contributed by atoms with van der Waals surface area (Å²) in [6.45, 7) is 6.59. The molecule has 6 nitrogen and oxygen atoms in total. The van der Waals surface area contributed by atoms with Gasteiger partial charge in [-0.2, -0.15) is 0 Å². The molecule has 0 aliphatic rings. The van der Waals surface area contributed by atoms with Gasteiger partial charge >= 0.3 is 17.9 Å². The van der Waals surface area contributed by atoms with Crippen LogP contribution in [0.4, 0.5) is 0 Å². The van der Waals surface area contributed by atoms with Gasteiger partial charge in [0.15, 0.2) is 6.10 Å². The largest absolute Gasteiger partial charge is 0.462 e. The van der Waals surface area contributed by atoms with Crippen molar-refractivity contribution in [3.63, 3.8) is 0 Å². The fraction of sp³-hybridized carbons (Fsp3) is 0.881. The summed E-state index contributed by atoms with van der Waals surface area (Å²) in [6.07, 6.45) is 63.6. The molecule has 0 spiro atoms. The van der Waals surface area contributed by atoms with E-state index in [1.54, 1.807) is 0 Å². The van der Waals surface area contributed by atoms with Gasteiger partial charge in [0.1, 0.15) is 13.2 Å². The van der Waals surface area contributed by atoms with Crippen LogP contribution in [-0.2, 0) is 28.6 Å². The second kappa shape index (κ2) is 54.5. The molecule has 0 N–H and O–H groups in total. The van der Waals surface area contributed by atoms with Crippen molar-refractivity contribution in [2.24, 2.45) is 0 Å². The Labute approximate surface area is 404 Å². The van der Waals surface area contributed by atoms with Gasteiger partial charge in [0.2, 0.25) is 0 Å². The first-order chi connectivity index (χ1) is 32.0. The molecule has 0 aliphatic heterocycles. The van der Waals surface area contributed by atoms with Gasteiger partial charge < -0.3 is 14.2 Å². The summed E-state index contributed by atoms with van der Waals surface area (Å²) in [7, 11) is 0. The smallest absolute Gasteiger partial charge is 0.306 e. The number of unbranched alkanes of at least 4 members (excludes halogenated alkanes) is 38. The Morgan fingerprint density at radius 1 is 0.308 bits per heavy atom. The zero-order valence-electron chi connectivity index (χ0n) is 43.8. The first-order valence-corrected chi connectivity index (χ1v) is 28.8. The van der Waals surface area contributed by atoms with Gasteiger partial charge in [-0.25, -0.2) is 0 Å². The topological polar surface area (TPSA) is 78.9 Å². The molecule has 0 rings (SSSR count). The van der Waals surface area contributed by atoms with Gasteiger partial charge in [-0.05, 0) is 51.4 Å². The van der Waals surface area contributed by atoms with Crippen molar-refractivity contribution in [3.05, 3.63) is 24.3 Å². The lowest BCUT2D eigenvalue weighted by Gasteiger charge is -2.18. The minimum Gasteiger partial charge on any atom is -0.462 e. The zero-order valence-corrected chi connectivity index (χ0v) is 43.8. The molecule has 0 bridgehead atoms. The van der Waals surface area contributed by atoms with Crippen molar-refractivity contribution in [3.8, 4) is 0 Å². The maximum Gasteiger partial charge on any atom is 0.306 e. The molecule has 6 heteroatoms. The average molecular weight is 916 g/mol. The molecular weight excluding hydrogens is 805 g/mol. The Bertz CT molecular complexity index is 1050. The van der Waals surface area contributed by atoms with Crippen molar-refractivity contribution in [1.29, 1.82) is 0 Å². The van der Waals surface area contributed by atoms with E-state index in [0.717, 1.165) is 70.6 Å². The molecule has 0 fully saturated rings. The number of allylic oxidation sites excluding steroid dienone is 4. The fourth-order valence-electron chi connectivity index (χ4n) is 8.59. The van der Waals surface area contributed by atoms with Crippen LogP contribution in [-0.4, -0.2) is 37.2 Å². The second-order valence-electron chi connectivity index (χ2n) is 19.6. The van der Waals surface area contributed by atoms with Gasteiger partial charge in [-0.3, -0.25) is 14.4 Å². The van der Waals surface area contributed by atoms with E-state index in [1.807, 2.05) is 0 Å². The highest BCUT2D eigenvalue weighted by atomic mass is 16.6. The Morgan fingerprint density at radius 2 is 0.554 bits per heavy atom. The summed E-state index contributed by atoms with van der Waals surface area (Å²) in [6, 6.07) is 0. The van der Waals surface area contributed by atoms with E-state index >= 15 is 0 Å². The molecule has 0 saturated carbocycles. The van der Waals surface area contributed by atoms with Crippen LogP contribution in [0.1, 0.15) is 316 Å². The van der Waals surface area contributed by atoms with Gasteiger partial charge in [-0.15, -0.1) is 0 Å². The molecule has 0 radical (unpaired) electrons. The predicted octanol–water partition coefficient (Wildman–Crippen LogP) is 19.1. The van der Waals surface area contributed by atoms with Crippen LogP contribution in [0.2, 0.25) is 0 Å². The monoisotopic (exact) mass is 915 g/mol. The number of carbonyl (C=O) groups excluding carboxylic acids is 3. The van der Waals surface area contributed by atoms with Crippen LogP contribution in [0.3, 0.4) is 0 Å². The third-order valence-electron chi connectivity index (χ3n) is 13.0. The molecule has 0 aromatic heterocycles. The molecule has 65 heavy (non-hydrogen) atoms. The summed E-state index contributed by atoms with van der Waals surface area (Å²) < 4.78 is 16.7. The van der Waals surface area contributed by atoms with E-state index in [-0.39, 0.29) is 31.1 Å². The number of carbonyl (C=O) groups is 3. The summed E-state index contributed by atoms with van der Waals surface area (Å²) in [4.78, 5) is 37.8. The zero-order chi connectivity index (χ0) is 47.2. The molecule has 382 valence electrons. The molecule has 0 heterocycles. The van der Waals surface area contributed by atoms with Gasteiger partial charge in [0, 0.05) is 19.3 Å². The molecule has 1 unspecified atom stereocenters. The maximum atomic E-state index is 12.8. The third-order valence-corrected chi connectivity index (χ3v) is 13.0. The van der Waals surface area contributed by atoms with Crippen molar-refractivity contribution >= 4 is 17.9 Å². The summed E-state index contributed by atoms with van der Waals surface area (Å²) in [5.41, 5.74) is 0. The maximum absolute atomic E-state index is 12.8. The molecule has 0 aromatic carbocycles. The standard InChI is InChI=1S/C59H110O6/c1-4-7-10-13-15-17-19-21-23-25-26-27-28-29-30-31-32-34-35-37-39-41-43-46-49-52-58(61)64-55-56(54-63-57(60)51-48-45-12-9-6-3)65-59(62)53-50-47-44-42-40-38-36-33-24-22-20-18-16-14-11-8-5-2/h19,21,25-26,56H,4-18,20,22-24,27-55H2,1-3H3/b21-19-,26-25-. The van der Waals surface area contributed by atoms with Gasteiger partial charge in [-0.1, -0.05) is 270 Å². The third kappa shape index (κ3) is 52.7. The lowest BCUT2D eigenvalue weighted by atomic mass is 10.0. The van der Waals surface area contributed by atoms with E-state index in [1.165, 1.54) is 205 Å². The van der Waals surface area contributed by atoms with Crippen LogP contribution in [0.25, 0.3) is 0 Å². The highest BCUT2D eigenvalue weighted by molar-refractivity contribution is 5.71. The number of esters is 3. The Kier molecular flexibility index (Phi) is 52.7. The molecular formula is C59H110O6. The van der Waals surface area contributed by atoms with E-state index in [9.17, 15) is 14.4 Å². The summed E-state index contributed by atoms with van der Waals surface area (Å²) >= 11 is 0. The quantitative estimate of drug-likeness (QED) is 0.0262. The van der Waals surface area contributed by atoms with E-state index in [2.05, 4.69) is 45.1 Å². The Hall–Kier alpha value is -2.11. The molecule has 0 saturated heterocycles. The Balaban J connectivity index is 4.02. The normalized spacial score (nSPS) is 12.1. The lowest BCUT2D eigenvalue weighted by molar-refractivity contribution is -0.167. The molecule has 0 aromatic rings. The van der Waals surface area contributed by atoms with Crippen LogP contribution in [0, 0.1) is 0 Å². The number of hydrogen-bond donors (Lipinski definition) is 0. The van der Waals surface area contributed by atoms with Crippen molar-refractivity contribution in [2.45, 2.75) is 322 Å². The average Bonchev–Trinajstić information content (AvgIpc) is 3.30. The first-order valence-electron chi connectivity index (χ1n) is 28.8. The highest BCUT2D eigenvalue weighted by Crippen LogP contribution is 2.17. The SMILES string of the molecule is CCCCCCC/C=C\C/C=C\CCCCCCCCCCCCCCCC(=O)OCC(COC(=O)CCCCCCC)OC(=O)CCCCCCCCCCCCCCCCCCC. The Morgan fingerprint density at radius 3 is 0.846 bits per heavy atom. The van der Waals surface area contributed by atoms with E-state index in [4.69, 9.17) is 14.2 Å². The van der Waals surface area contributed by atoms with E-state index < -0.39 is 6.10 Å². The molecule has 0 aliphatic carbocycles. The van der Waals surface area contributed by atoms with Crippen molar-refractivity contribution in [2.75, 3.05) is 13.2 Å². The fourth-order valence-corrected chi connectivity index (χ4v) is 8.59. The molecule has 0 amide bonds. The van der Waals surface area contributed by atoms with Crippen LogP contribution in [0.15, 0.2) is 24.3 Å². The minimum atomic E-state index is -0.763. The van der Waals surface area contributed by atoms with Crippen molar-refractivity contribution in [1.82, 2.24) is 0 Å². The number of ether oxygens (including phenoxy) is 3. The van der Waals surface area contributed by atoms with Gasteiger partial charge in [0.05, 0.1) is 0 Å².